The first kappa shape index (κ1) is 16.8. The number of hydrogen-bond acceptors (Lipinski definition) is 3. The van der Waals surface area contributed by atoms with Gasteiger partial charge in [0.2, 0.25) is 0 Å². The molecule has 24 heavy (non-hydrogen) atoms. The summed E-state index contributed by atoms with van der Waals surface area (Å²) in [7, 11) is -6.44. The molecule has 122 valence electrons. The maximum atomic E-state index is 12.2. The third-order valence-electron chi connectivity index (χ3n) is 3.61. The largest absolute Gasteiger partial charge is 0.297 e. The summed E-state index contributed by atoms with van der Waals surface area (Å²) in [5.41, 5.74) is 0. The van der Waals surface area contributed by atoms with Crippen molar-refractivity contribution in [2.75, 3.05) is 6.26 Å². The lowest BCUT2D eigenvalue weighted by Crippen LogP contribution is -2.34. The van der Waals surface area contributed by atoms with E-state index in [0.717, 1.165) is 22.2 Å². The van der Waals surface area contributed by atoms with E-state index in [0.29, 0.717) is 0 Å². The van der Waals surface area contributed by atoms with Crippen LogP contribution in [-0.4, -0.2) is 14.7 Å². The summed E-state index contributed by atoms with van der Waals surface area (Å²) in [5.74, 6) is 0. The maximum absolute atomic E-state index is 12.2. The monoisotopic (exact) mass is 357 g/mol. The summed E-state index contributed by atoms with van der Waals surface area (Å²) >= 11 is 0. The summed E-state index contributed by atoms with van der Waals surface area (Å²) < 4.78 is 30.2. The summed E-state index contributed by atoms with van der Waals surface area (Å²) in [6, 6.07) is 28.7. The van der Waals surface area contributed by atoms with Gasteiger partial charge < -0.3 is 0 Å². The predicted molar refractivity (Wildman–Crippen MR) is 101 cm³/mol. The van der Waals surface area contributed by atoms with Crippen LogP contribution in [-0.2, 0) is 14.1 Å². The Bertz CT molecular complexity index is 798. The molecule has 0 bridgehead atoms. The van der Waals surface area contributed by atoms with Gasteiger partial charge in [-0.15, -0.1) is 0 Å². The van der Waals surface area contributed by atoms with Crippen molar-refractivity contribution in [3.05, 3.63) is 91.0 Å². The molecular weight excluding hydrogens is 339 g/mol. The molecule has 0 aliphatic heterocycles. The molecule has 0 saturated carbocycles. The highest BCUT2D eigenvalue weighted by Crippen LogP contribution is 2.57. The van der Waals surface area contributed by atoms with Crippen LogP contribution in [0.2, 0.25) is 0 Å². The Morgan fingerprint density at radius 3 is 1.17 bits per heavy atom. The van der Waals surface area contributed by atoms with Gasteiger partial charge in [0.15, 0.2) is 0 Å². The van der Waals surface area contributed by atoms with E-state index in [1.54, 1.807) is 0 Å². The summed E-state index contributed by atoms with van der Waals surface area (Å²) in [6.45, 7) is 0. The van der Waals surface area contributed by atoms with E-state index >= 15 is 0 Å². The molecule has 5 heteroatoms. The van der Waals surface area contributed by atoms with Crippen molar-refractivity contribution in [1.29, 1.82) is 0 Å². The molecule has 0 unspecified atom stereocenters. The number of rotatable bonds is 5. The summed E-state index contributed by atoms with van der Waals surface area (Å²) in [5, 5.41) is 2.61. The van der Waals surface area contributed by atoms with Crippen LogP contribution in [0, 0.1) is 0 Å². The van der Waals surface area contributed by atoms with E-state index in [1.165, 1.54) is 0 Å². The van der Waals surface area contributed by atoms with Crippen molar-refractivity contribution in [2.45, 2.75) is 0 Å². The highest BCUT2D eigenvalue weighted by atomic mass is 32.2. The summed E-state index contributed by atoms with van der Waals surface area (Å²) in [4.78, 5) is 0. The van der Waals surface area contributed by atoms with Gasteiger partial charge in [-0.25, -0.2) is 0 Å². The second kappa shape index (κ2) is 6.86. The van der Waals surface area contributed by atoms with Crippen LogP contribution in [0.4, 0.5) is 0 Å². The quantitative estimate of drug-likeness (QED) is 0.660. The molecule has 0 saturated heterocycles. The Morgan fingerprint density at radius 1 is 0.625 bits per heavy atom. The first-order valence-corrected chi connectivity index (χ1v) is 11.0. The average Bonchev–Trinajstić information content (AvgIpc) is 2.61. The Morgan fingerprint density at radius 2 is 0.917 bits per heavy atom. The van der Waals surface area contributed by atoms with Gasteiger partial charge in [-0.1, -0.05) is 58.6 Å². The molecule has 0 amide bonds. The molecule has 3 aromatic rings. The molecule has 0 aromatic heterocycles. The minimum absolute atomic E-state index is 0.868. The van der Waals surface area contributed by atoms with E-state index in [1.807, 2.05) is 91.0 Å². The fraction of sp³-hybridized carbons (Fsp3) is 0.0526. The molecule has 0 fully saturated rings. The van der Waals surface area contributed by atoms with Gasteiger partial charge in [-0.05, 0) is 36.4 Å². The lowest BCUT2D eigenvalue weighted by atomic mass is 10.4. The zero-order valence-corrected chi connectivity index (χ0v) is 15.0. The molecule has 3 aromatic carbocycles. The van der Waals surface area contributed by atoms with Crippen LogP contribution in [0.3, 0.4) is 0 Å². The predicted octanol–water partition coefficient (Wildman–Crippen LogP) is 2.87. The highest BCUT2D eigenvalue weighted by Gasteiger charge is 2.51. The van der Waals surface area contributed by atoms with Crippen LogP contribution in [0.1, 0.15) is 0 Å². The molecule has 3 rings (SSSR count). The minimum Gasteiger partial charge on any atom is -0.197 e. The van der Waals surface area contributed by atoms with Crippen molar-refractivity contribution >= 4 is 33.5 Å². The molecule has 0 radical (unpaired) electrons. The van der Waals surface area contributed by atoms with Gasteiger partial charge in [0.1, 0.15) is 15.9 Å². The molecule has 0 atom stereocenters. The van der Waals surface area contributed by atoms with Crippen LogP contribution in [0.25, 0.3) is 0 Å². The molecule has 0 aliphatic carbocycles. The summed E-state index contributed by atoms with van der Waals surface area (Å²) in [6.07, 6.45) is 1.11. The lowest BCUT2D eigenvalue weighted by molar-refractivity contribution is 0.517. The highest BCUT2D eigenvalue weighted by molar-refractivity contribution is 8.01. The second-order valence-electron chi connectivity index (χ2n) is 5.39. The van der Waals surface area contributed by atoms with E-state index < -0.39 is 17.6 Å². The molecular formula is C19H18O3PS+. The van der Waals surface area contributed by atoms with E-state index in [9.17, 15) is 8.42 Å². The van der Waals surface area contributed by atoms with Gasteiger partial charge in [0, 0.05) is 0 Å². The van der Waals surface area contributed by atoms with Crippen molar-refractivity contribution in [1.82, 2.24) is 0 Å². The van der Waals surface area contributed by atoms with Gasteiger partial charge >= 0.3 is 0 Å². The molecule has 0 aliphatic rings. The maximum Gasteiger partial charge on any atom is 0.297 e. The van der Waals surface area contributed by atoms with Crippen LogP contribution in [0.15, 0.2) is 91.0 Å². The Hall–Kier alpha value is -2.00. The number of hydrogen-bond donors (Lipinski definition) is 0. The van der Waals surface area contributed by atoms with Gasteiger partial charge in [-0.3, -0.25) is 0 Å². The number of benzene rings is 3. The fourth-order valence-electron chi connectivity index (χ4n) is 2.69. The van der Waals surface area contributed by atoms with E-state index in [2.05, 4.69) is 0 Å². The second-order valence-corrected chi connectivity index (χ2v) is 10.2. The normalized spacial score (nSPS) is 12.0. The lowest BCUT2D eigenvalue weighted by Gasteiger charge is -2.23. The van der Waals surface area contributed by atoms with Crippen molar-refractivity contribution in [3.63, 3.8) is 0 Å². The fourth-order valence-corrected chi connectivity index (χ4v) is 8.02. The minimum atomic E-state index is -3.68. The van der Waals surface area contributed by atoms with Gasteiger partial charge in [-0.2, -0.15) is 8.42 Å². The third-order valence-corrected chi connectivity index (χ3v) is 8.66. The third kappa shape index (κ3) is 3.41. The molecule has 0 heterocycles. The first-order chi connectivity index (χ1) is 11.5. The van der Waals surface area contributed by atoms with Crippen LogP contribution < -0.4 is 15.9 Å². The van der Waals surface area contributed by atoms with Crippen molar-refractivity contribution < 1.29 is 12.4 Å². The zero-order chi connectivity index (χ0) is 17.0. The molecule has 0 N–H and O–H groups in total. The van der Waals surface area contributed by atoms with E-state index in [4.69, 9.17) is 3.97 Å². The molecule has 3 nitrogen and oxygen atoms in total. The Kier molecular flexibility index (Phi) is 4.81. The standard InChI is InChI=1S/C19H18O3PS/c1-24(20,21)22-23(17-11-5-2-6-12-17,18-13-7-3-8-14-18)19-15-9-4-10-16-19/h2-16H,1H3/q+1. The van der Waals surface area contributed by atoms with Crippen molar-refractivity contribution in [2.24, 2.45) is 0 Å². The van der Waals surface area contributed by atoms with Gasteiger partial charge in [0.05, 0.1) is 6.26 Å². The Balaban J connectivity index is 2.37. The van der Waals surface area contributed by atoms with Gasteiger partial charge in [0.25, 0.3) is 17.6 Å². The zero-order valence-electron chi connectivity index (χ0n) is 13.2. The van der Waals surface area contributed by atoms with Crippen molar-refractivity contribution in [3.8, 4) is 0 Å². The first-order valence-electron chi connectivity index (χ1n) is 7.49. The average molecular weight is 357 g/mol. The Labute approximate surface area is 143 Å². The molecule has 0 spiro atoms. The van der Waals surface area contributed by atoms with E-state index in [-0.39, 0.29) is 0 Å². The van der Waals surface area contributed by atoms with Crippen LogP contribution >= 0.6 is 7.49 Å². The van der Waals surface area contributed by atoms with Crippen LogP contribution in [0.5, 0.6) is 0 Å². The smallest absolute Gasteiger partial charge is 0.197 e. The topological polar surface area (TPSA) is 43.4 Å². The SMILES string of the molecule is CS(=O)(=O)O[P+](c1ccccc1)(c1ccccc1)c1ccccc1.